The highest BCUT2D eigenvalue weighted by molar-refractivity contribution is 5.28. The second kappa shape index (κ2) is 5.29. The van der Waals surface area contributed by atoms with Gasteiger partial charge in [-0.25, -0.2) is 4.98 Å². The van der Waals surface area contributed by atoms with Gasteiger partial charge < -0.3 is 4.74 Å². The molecule has 1 atom stereocenters. The molecule has 0 saturated carbocycles. The van der Waals surface area contributed by atoms with Gasteiger partial charge in [-0.15, -0.1) is 0 Å². The van der Waals surface area contributed by atoms with Gasteiger partial charge in [0.25, 0.3) is 5.69 Å². The maximum Gasteiger partial charge on any atom is 0.287 e. The third kappa shape index (κ3) is 3.53. The van der Waals surface area contributed by atoms with E-state index in [9.17, 15) is 10.1 Å². The highest BCUT2D eigenvalue weighted by Gasteiger charge is 2.07. The molecule has 1 rings (SSSR count). The molecule has 5 nitrogen and oxygen atoms in total. The lowest BCUT2D eigenvalue weighted by Gasteiger charge is -2.11. The van der Waals surface area contributed by atoms with E-state index >= 15 is 0 Å². The van der Waals surface area contributed by atoms with Crippen LogP contribution in [-0.2, 0) is 0 Å². The Morgan fingerprint density at radius 3 is 2.80 bits per heavy atom. The summed E-state index contributed by atoms with van der Waals surface area (Å²) in [5, 5.41) is 10.4. The lowest BCUT2D eigenvalue weighted by Crippen LogP contribution is -2.11. The van der Waals surface area contributed by atoms with Crippen LogP contribution in [0.2, 0.25) is 0 Å². The number of rotatable bonds is 5. The largest absolute Gasteiger partial charge is 0.475 e. The van der Waals surface area contributed by atoms with E-state index in [1.165, 1.54) is 18.3 Å². The zero-order chi connectivity index (χ0) is 11.3. The van der Waals surface area contributed by atoms with E-state index in [1.807, 2.05) is 6.92 Å². The van der Waals surface area contributed by atoms with Crippen molar-refractivity contribution < 1.29 is 9.66 Å². The molecular weight excluding hydrogens is 196 g/mol. The van der Waals surface area contributed by atoms with Crippen LogP contribution >= 0.6 is 0 Å². The van der Waals surface area contributed by atoms with Crippen molar-refractivity contribution >= 4 is 5.69 Å². The van der Waals surface area contributed by atoms with Gasteiger partial charge in [0.1, 0.15) is 6.20 Å². The van der Waals surface area contributed by atoms with Gasteiger partial charge in [-0.1, -0.05) is 13.3 Å². The summed E-state index contributed by atoms with van der Waals surface area (Å²) in [6.45, 7) is 4.02. The lowest BCUT2D eigenvalue weighted by atomic mass is 10.2. The van der Waals surface area contributed by atoms with Crippen molar-refractivity contribution in [2.24, 2.45) is 0 Å². The molecule has 82 valence electrons. The third-order valence-corrected chi connectivity index (χ3v) is 1.95. The monoisotopic (exact) mass is 210 g/mol. The van der Waals surface area contributed by atoms with Gasteiger partial charge in [-0.3, -0.25) is 10.1 Å². The average Bonchev–Trinajstić information content (AvgIpc) is 2.18. The fourth-order valence-electron chi connectivity index (χ4n) is 1.22. The fraction of sp³-hybridized carbons (Fsp3) is 0.500. The molecule has 1 unspecified atom stereocenters. The zero-order valence-corrected chi connectivity index (χ0v) is 8.84. The molecule has 0 radical (unpaired) electrons. The molecule has 1 heterocycles. The fourth-order valence-corrected chi connectivity index (χ4v) is 1.22. The molecule has 0 aromatic carbocycles. The predicted octanol–water partition coefficient (Wildman–Crippen LogP) is 2.56. The molecule has 5 heteroatoms. The van der Waals surface area contributed by atoms with E-state index in [1.54, 1.807) is 0 Å². The zero-order valence-electron chi connectivity index (χ0n) is 8.84. The second-order valence-electron chi connectivity index (χ2n) is 3.33. The van der Waals surface area contributed by atoms with Gasteiger partial charge in [0.2, 0.25) is 5.88 Å². The standard InChI is InChI=1S/C10H14N2O3/c1-3-4-8(2)15-10-6-5-9(7-11-10)12(13)14/h5-8H,3-4H2,1-2H3. The van der Waals surface area contributed by atoms with E-state index in [0.29, 0.717) is 5.88 Å². The van der Waals surface area contributed by atoms with Crippen LogP contribution in [0.4, 0.5) is 5.69 Å². The van der Waals surface area contributed by atoms with E-state index in [-0.39, 0.29) is 11.8 Å². The van der Waals surface area contributed by atoms with Gasteiger partial charge >= 0.3 is 0 Å². The van der Waals surface area contributed by atoms with Crippen molar-refractivity contribution in [1.29, 1.82) is 0 Å². The van der Waals surface area contributed by atoms with Crippen LogP contribution in [0.3, 0.4) is 0 Å². The first-order chi connectivity index (χ1) is 7.13. The van der Waals surface area contributed by atoms with Crippen molar-refractivity contribution in [1.82, 2.24) is 4.98 Å². The average molecular weight is 210 g/mol. The molecule has 15 heavy (non-hydrogen) atoms. The van der Waals surface area contributed by atoms with Gasteiger partial charge in [0.15, 0.2) is 0 Å². The van der Waals surface area contributed by atoms with Crippen LogP contribution in [0, 0.1) is 10.1 Å². The Bertz CT molecular complexity index is 324. The van der Waals surface area contributed by atoms with Crippen molar-refractivity contribution in [2.45, 2.75) is 32.8 Å². The smallest absolute Gasteiger partial charge is 0.287 e. The van der Waals surface area contributed by atoms with Crippen molar-refractivity contribution in [3.63, 3.8) is 0 Å². The number of hydrogen-bond acceptors (Lipinski definition) is 4. The SMILES string of the molecule is CCCC(C)Oc1ccc([N+](=O)[O-])cn1. The maximum absolute atomic E-state index is 10.4. The highest BCUT2D eigenvalue weighted by Crippen LogP contribution is 2.15. The van der Waals surface area contributed by atoms with Crippen LogP contribution in [0.25, 0.3) is 0 Å². The molecule has 0 bridgehead atoms. The number of ether oxygens (including phenoxy) is 1. The number of pyridine rings is 1. The molecule has 1 aromatic rings. The Labute approximate surface area is 88.2 Å². The molecule has 0 N–H and O–H groups in total. The first-order valence-electron chi connectivity index (χ1n) is 4.90. The van der Waals surface area contributed by atoms with Gasteiger partial charge in [0, 0.05) is 12.1 Å². The minimum Gasteiger partial charge on any atom is -0.475 e. The number of aromatic nitrogens is 1. The second-order valence-corrected chi connectivity index (χ2v) is 3.33. The molecule has 0 fully saturated rings. The summed E-state index contributed by atoms with van der Waals surface area (Å²) in [5.74, 6) is 0.432. The number of nitrogens with zero attached hydrogens (tertiary/aromatic N) is 2. The minimum absolute atomic E-state index is 0.0227. The van der Waals surface area contributed by atoms with Crippen LogP contribution in [-0.4, -0.2) is 16.0 Å². The topological polar surface area (TPSA) is 65.3 Å². The van der Waals surface area contributed by atoms with E-state index in [2.05, 4.69) is 11.9 Å². The number of nitro groups is 1. The molecule has 0 aliphatic rings. The minimum atomic E-state index is -0.480. The van der Waals surface area contributed by atoms with E-state index < -0.39 is 4.92 Å². The Hall–Kier alpha value is -1.65. The van der Waals surface area contributed by atoms with Crippen molar-refractivity contribution in [2.75, 3.05) is 0 Å². The first-order valence-corrected chi connectivity index (χ1v) is 4.90. The molecule has 0 aliphatic heterocycles. The summed E-state index contributed by atoms with van der Waals surface area (Å²) in [4.78, 5) is 13.7. The summed E-state index contributed by atoms with van der Waals surface area (Å²) in [6, 6.07) is 2.91. The Balaban J connectivity index is 2.60. The number of hydrogen-bond donors (Lipinski definition) is 0. The molecule has 0 spiro atoms. The van der Waals surface area contributed by atoms with Gasteiger partial charge in [-0.2, -0.15) is 0 Å². The third-order valence-electron chi connectivity index (χ3n) is 1.95. The summed E-state index contributed by atoms with van der Waals surface area (Å²) < 4.78 is 5.46. The Kier molecular flexibility index (Phi) is 4.03. The molecule has 0 amide bonds. The van der Waals surface area contributed by atoms with Crippen molar-refractivity contribution in [3.05, 3.63) is 28.4 Å². The van der Waals surface area contributed by atoms with Gasteiger partial charge in [-0.05, 0) is 13.3 Å². The summed E-state index contributed by atoms with van der Waals surface area (Å²) in [7, 11) is 0. The first kappa shape index (κ1) is 11.4. The van der Waals surface area contributed by atoms with Crippen LogP contribution in [0.5, 0.6) is 5.88 Å². The maximum atomic E-state index is 10.4. The van der Waals surface area contributed by atoms with Crippen molar-refractivity contribution in [3.8, 4) is 5.88 Å². The molecule has 0 saturated heterocycles. The molecule has 0 aliphatic carbocycles. The predicted molar refractivity (Wildman–Crippen MR) is 55.9 cm³/mol. The van der Waals surface area contributed by atoms with Crippen LogP contribution < -0.4 is 4.74 Å². The Morgan fingerprint density at radius 1 is 1.60 bits per heavy atom. The molecular formula is C10H14N2O3. The quantitative estimate of drug-likeness (QED) is 0.553. The van der Waals surface area contributed by atoms with Crippen LogP contribution in [0.15, 0.2) is 18.3 Å². The molecule has 1 aromatic heterocycles. The van der Waals surface area contributed by atoms with Gasteiger partial charge in [0.05, 0.1) is 11.0 Å². The Morgan fingerprint density at radius 2 is 2.33 bits per heavy atom. The lowest BCUT2D eigenvalue weighted by molar-refractivity contribution is -0.385. The van der Waals surface area contributed by atoms with E-state index in [4.69, 9.17) is 4.74 Å². The summed E-state index contributed by atoms with van der Waals surface area (Å²) in [6.07, 6.45) is 3.27. The van der Waals surface area contributed by atoms with Crippen LogP contribution in [0.1, 0.15) is 26.7 Å². The normalized spacial score (nSPS) is 12.1. The van der Waals surface area contributed by atoms with E-state index in [0.717, 1.165) is 12.8 Å². The highest BCUT2D eigenvalue weighted by atomic mass is 16.6. The summed E-state index contributed by atoms with van der Waals surface area (Å²) in [5.41, 5.74) is -0.0227. The summed E-state index contributed by atoms with van der Waals surface area (Å²) >= 11 is 0.